The van der Waals surface area contributed by atoms with Crippen molar-refractivity contribution in [1.29, 1.82) is 0 Å². The largest absolute Gasteiger partial charge is 0.379 e. The lowest BCUT2D eigenvalue weighted by atomic mass is 10.0. The number of para-hydroxylation sites is 1. The lowest BCUT2D eigenvalue weighted by Gasteiger charge is -2.36. The van der Waals surface area contributed by atoms with Crippen LogP contribution in [0.4, 0.5) is 5.69 Å². The van der Waals surface area contributed by atoms with Gasteiger partial charge in [-0.2, -0.15) is 0 Å². The number of hydrogen-bond acceptors (Lipinski definition) is 5. The summed E-state index contributed by atoms with van der Waals surface area (Å²) in [5.41, 5.74) is 0.917. The third-order valence-corrected chi connectivity index (χ3v) is 6.61. The summed E-state index contributed by atoms with van der Waals surface area (Å²) in [6, 6.07) is 14.9. The Labute approximate surface area is 178 Å². The Morgan fingerprint density at radius 3 is 2.27 bits per heavy atom. The van der Waals surface area contributed by atoms with Gasteiger partial charge in [0.25, 0.3) is 15.9 Å². The molecule has 1 unspecified atom stereocenters. The molecule has 0 aromatic heterocycles. The average Bonchev–Trinajstić information content (AvgIpc) is 2.75. The van der Waals surface area contributed by atoms with Crippen LogP contribution in [0.5, 0.6) is 0 Å². The van der Waals surface area contributed by atoms with Crippen LogP contribution in [0.1, 0.15) is 24.2 Å². The molecule has 1 fully saturated rings. The number of nitrogens with zero attached hydrogens (tertiary/aromatic N) is 1. The molecule has 0 bridgehead atoms. The molecular weight excluding hydrogens is 402 g/mol. The second-order valence-corrected chi connectivity index (χ2v) is 9.35. The van der Waals surface area contributed by atoms with Gasteiger partial charge in [0.05, 0.1) is 18.1 Å². The Balaban J connectivity index is 1.61. The van der Waals surface area contributed by atoms with E-state index in [2.05, 4.69) is 28.8 Å². The van der Waals surface area contributed by atoms with Crippen LogP contribution in [0.15, 0.2) is 59.5 Å². The van der Waals surface area contributed by atoms with Gasteiger partial charge in [0.2, 0.25) is 0 Å². The van der Waals surface area contributed by atoms with Gasteiger partial charge in [-0.05, 0) is 42.3 Å². The van der Waals surface area contributed by atoms with Crippen LogP contribution in [0, 0.1) is 5.92 Å². The normalized spacial score (nSPS) is 16.2. The Morgan fingerprint density at radius 1 is 1.03 bits per heavy atom. The Bertz CT molecular complexity index is 925. The molecule has 0 aliphatic carbocycles. The molecule has 1 atom stereocenters. The van der Waals surface area contributed by atoms with Crippen LogP contribution in [0.2, 0.25) is 0 Å². The molecule has 0 saturated carbocycles. The predicted octanol–water partition coefficient (Wildman–Crippen LogP) is 2.57. The Kier molecular flexibility index (Phi) is 7.47. The first-order valence-electron chi connectivity index (χ1n) is 10.1. The zero-order valence-electron chi connectivity index (χ0n) is 17.4. The van der Waals surface area contributed by atoms with Gasteiger partial charge in [-0.15, -0.1) is 0 Å². The molecule has 7 nitrogen and oxygen atoms in total. The van der Waals surface area contributed by atoms with E-state index in [0.717, 1.165) is 13.1 Å². The predicted molar refractivity (Wildman–Crippen MR) is 117 cm³/mol. The van der Waals surface area contributed by atoms with Gasteiger partial charge in [0, 0.05) is 36.9 Å². The maximum absolute atomic E-state index is 12.6. The van der Waals surface area contributed by atoms with Crippen LogP contribution in [0.3, 0.4) is 0 Å². The van der Waals surface area contributed by atoms with Crippen LogP contribution in [0.25, 0.3) is 0 Å². The molecular formula is C22H29N3O4S. The fourth-order valence-corrected chi connectivity index (χ4v) is 4.56. The fourth-order valence-electron chi connectivity index (χ4n) is 3.50. The van der Waals surface area contributed by atoms with Gasteiger partial charge in [0.1, 0.15) is 0 Å². The molecule has 1 heterocycles. The molecule has 2 N–H and O–H groups in total. The summed E-state index contributed by atoms with van der Waals surface area (Å²) in [5.74, 6) is 0.175. The van der Waals surface area contributed by atoms with Crippen molar-refractivity contribution in [2.75, 3.05) is 37.6 Å². The zero-order valence-corrected chi connectivity index (χ0v) is 18.2. The SMILES string of the molecule is CC(C)C(CNC(=O)c1ccc(S(=O)(=O)Nc2ccccc2)cc1)N1CCOCC1. The molecule has 0 spiro atoms. The summed E-state index contributed by atoms with van der Waals surface area (Å²) in [7, 11) is -3.71. The number of morpholine rings is 1. The lowest BCUT2D eigenvalue weighted by molar-refractivity contribution is 0.00672. The second kappa shape index (κ2) is 10.1. The highest BCUT2D eigenvalue weighted by atomic mass is 32.2. The van der Waals surface area contributed by atoms with E-state index < -0.39 is 10.0 Å². The summed E-state index contributed by atoms with van der Waals surface area (Å²) in [5, 5.41) is 2.99. The molecule has 1 aliphatic rings. The molecule has 2 aromatic carbocycles. The topological polar surface area (TPSA) is 87.7 Å². The summed E-state index contributed by atoms with van der Waals surface area (Å²) in [6.07, 6.45) is 0. The van der Waals surface area contributed by atoms with Crippen molar-refractivity contribution in [2.45, 2.75) is 24.8 Å². The smallest absolute Gasteiger partial charge is 0.261 e. The molecule has 1 amide bonds. The third kappa shape index (κ3) is 5.81. The van der Waals surface area contributed by atoms with Crippen LogP contribution < -0.4 is 10.0 Å². The van der Waals surface area contributed by atoms with Crippen molar-refractivity contribution in [3.05, 3.63) is 60.2 Å². The van der Waals surface area contributed by atoms with Gasteiger partial charge in [-0.3, -0.25) is 14.4 Å². The minimum absolute atomic E-state index is 0.108. The highest BCUT2D eigenvalue weighted by molar-refractivity contribution is 7.92. The summed E-state index contributed by atoms with van der Waals surface area (Å²) < 4.78 is 33.0. The zero-order chi connectivity index (χ0) is 21.6. The van der Waals surface area contributed by atoms with E-state index in [1.807, 2.05) is 6.07 Å². The van der Waals surface area contributed by atoms with Crippen molar-refractivity contribution in [3.63, 3.8) is 0 Å². The van der Waals surface area contributed by atoms with Crippen molar-refractivity contribution in [1.82, 2.24) is 10.2 Å². The van der Waals surface area contributed by atoms with Gasteiger partial charge in [-0.1, -0.05) is 32.0 Å². The fraction of sp³-hybridized carbons (Fsp3) is 0.409. The van der Waals surface area contributed by atoms with Gasteiger partial charge >= 0.3 is 0 Å². The third-order valence-electron chi connectivity index (χ3n) is 5.21. The first kappa shape index (κ1) is 22.3. The standard InChI is InChI=1S/C22H29N3O4S/c1-17(2)21(25-12-14-29-15-13-25)16-23-22(26)18-8-10-20(11-9-18)30(27,28)24-19-6-4-3-5-7-19/h3-11,17,21,24H,12-16H2,1-2H3,(H,23,26). The number of nitrogens with one attached hydrogen (secondary N) is 2. The second-order valence-electron chi connectivity index (χ2n) is 7.67. The van der Waals surface area contributed by atoms with E-state index in [9.17, 15) is 13.2 Å². The number of sulfonamides is 1. The molecule has 162 valence electrons. The van der Waals surface area contributed by atoms with Crippen molar-refractivity contribution in [3.8, 4) is 0 Å². The highest BCUT2D eigenvalue weighted by Crippen LogP contribution is 2.17. The number of benzene rings is 2. The van der Waals surface area contributed by atoms with Gasteiger partial charge in [0.15, 0.2) is 0 Å². The number of amides is 1. The summed E-state index contributed by atoms with van der Waals surface area (Å²) in [6.45, 7) is 7.97. The molecule has 1 saturated heterocycles. The van der Waals surface area contributed by atoms with E-state index in [1.54, 1.807) is 24.3 Å². The maximum atomic E-state index is 12.6. The minimum Gasteiger partial charge on any atom is -0.379 e. The van der Waals surface area contributed by atoms with Crippen LogP contribution in [-0.4, -0.2) is 58.1 Å². The molecule has 0 radical (unpaired) electrons. The van der Waals surface area contributed by atoms with E-state index in [1.165, 1.54) is 24.3 Å². The van der Waals surface area contributed by atoms with E-state index in [0.29, 0.717) is 36.9 Å². The molecule has 1 aliphatic heterocycles. The number of hydrogen-bond donors (Lipinski definition) is 2. The maximum Gasteiger partial charge on any atom is 0.261 e. The number of carbonyl (C=O) groups excluding carboxylic acids is 1. The van der Waals surface area contributed by atoms with Crippen molar-refractivity contribution in [2.24, 2.45) is 5.92 Å². The molecule has 8 heteroatoms. The first-order chi connectivity index (χ1) is 14.4. The van der Waals surface area contributed by atoms with Gasteiger partial charge < -0.3 is 10.1 Å². The average molecular weight is 432 g/mol. The van der Waals surface area contributed by atoms with Gasteiger partial charge in [-0.25, -0.2) is 8.42 Å². The summed E-state index contributed by atoms with van der Waals surface area (Å²) in [4.78, 5) is 15.0. The minimum atomic E-state index is -3.71. The molecule has 2 aromatic rings. The highest BCUT2D eigenvalue weighted by Gasteiger charge is 2.24. The van der Waals surface area contributed by atoms with E-state index in [-0.39, 0.29) is 16.8 Å². The Morgan fingerprint density at radius 2 is 1.67 bits per heavy atom. The van der Waals surface area contributed by atoms with Crippen LogP contribution >= 0.6 is 0 Å². The van der Waals surface area contributed by atoms with E-state index >= 15 is 0 Å². The van der Waals surface area contributed by atoms with Crippen LogP contribution in [-0.2, 0) is 14.8 Å². The number of carbonyl (C=O) groups is 1. The lowest BCUT2D eigenvalue weighted by Crippen LogP contribution is -2.51. The van der Waals surface area contributed by atoms with Crippen molar-refractivity contribution >= 4 is 21.6 Å². The molecule has 30 heavy (non-hydrogen) atoms. The number of ether oxygens (including phenoxy) is 1. The molecule has 3 rings (SSSR count). The number of anilines is 1. The van der Waals surface area contributed by atoms with Crippen molar-refractivity contribution < 1.29 is 17.9 Å². The van der Waals surface area contributed by atoms with E-state index in [4.69, 9.17) is 4.74 Å². The quantitative estimate of drug-likeness (QED) is 0.671. The first-order valence-corrected chi connectivity index (χ1v) is 11.6. The Hall–Kier alpha value is -2.42. The monoisotopic (exact) mass is 431 g/mol. The summed E-state index contributed by atoms with van der Waals surface area (Å²) >= 11 is 0. The number of rotatable bonds is 8.